The number of carbonyl (C=O) groups excluding carboxylic acids is 1. The van der Waals surface area contributed by atoms with Crippen molar-refractivity contribution in [2.45, 2.75) is 19.4 Å². The maximum Gasteiger partial charge on any atom is 0.256 e. The van der Waals surface area contributed by atoms with Gasteiger partial charge in [-0.1, -0.05) is 30.3 Å². The molecular formula is C20H23N5O. The van der Waals surface area contributed by atoms with Crippen molar-refractivity contribution in [3.8, 4) is 0 Å². The van der Waals surface area contributed by atoms with Crippen LogP contribution < -0.4 is 5.32 Å². The molecule has 1 aliphatic rings. The Labute approximate surface area is 152 Å². The Kier molecular flexibility index (Phi) is 4.93. The summed E-state index contributed by atoms with van der Waals surface area (Å²) in [6.45, 7) is 3.80. The number of nitrogens with one attached hydrogen (secondary N) is 1. The van der Waals surface area contributed by atoms with E-state index < -0.39 is 0 Å². The lowest BCUT2D eigenvalue weighted by molar-refractivity contribution is 0.0932. The van der Waals surface area contributed by atoms with Crippen LogP contribution in [0.25, 0.3) is 5.65 Å². The van der Waals surface area contributed by atoms with Gasteiger partial charge in [-0.2, -0.15) is 5.10 Å². The SMILES string of the molecule is O=C(NCC1CCCN(Cc2ccccc2)C1)c1cnn2cccnc12. The lowest BCUT2D eigenvalue weighted by Crippen LogP contribution is -2.40. The maximum absolute atomic E-state index is 12.5. The molecule has 6 heteroatoms. The Bertz CT molecular complexity index is 876. The van der Waals surface area contributed by atoms with Gasteiger partial charge >= 0.3 is 0 Å². The molecule has 134 valence electrons. The van der Waals surface area contributed by atoms with Gasteiger partial charge in [0.1, 0.15) is 5.56 Å². The average Bonchev–Trinajstić information content (AvgIpc) is 3.11. The number of piperidine rings is 1. The molecule has 1 aliphatic heterocycles. The molecule has 2 aromatic heterocycles. The zero-order valence-corrected chi connectivity index (χ0v) is 14.7. The second-order valence-electron chi connectivity index (χ2n) is 6.89. The van der Waals surface area contributed by atoms with Gasteiger partial charge in [0, 0.05) is 32.0 Å². The second-order valence-corrected chi connectivity index (χ2v) is 6.89. The Morgan fingerprint density at radius 2 is 2.12 bits per heavy atom. The Morgan fingerprint density at radius 1 is 1.23 bits per heavy atom. The van der Waals surface area contributed by atoms with Crippen molar-refractivity contribution in [3.63, 3.8) is 0 Å². The summed E-state index contributed by atoms with van der Waals surface area (Å²) in [4.78, 5) is 19.2. The summed E-state index contributed by atoms with van der Waals surface area (Å²) in [5.41, 5.74) is 2.47. The van der Waals surface area contributed by atoms with Crippen molar-refractivity contribution < 1.29 is 4.79 Å². The van der Waals surface area contributed by atoms with Crippen LogP contribution in [0.15, 0.2) is 55.0 Å². The first-order valence-electron chi connectivity index (χ1n) is 9.12. The fourth-order valence-corrected chi connectivity index (χ4v) is 3.62. The number of rotatable bonds is 5. The quantitative estimate of drug-likeness (QED) is 0.768. The third-order valence-corrected chi connectivity index (χ3v) is 4.93. The topological polar surface area (TPSA) is 62.5 Å². The van der Waals surface area contributed by atoms with Gasteiger partial charge in [0.15, 0.2) is 5.65 Å². The van der Waals surface area contributed by atoms with Gasteiger partial charge in [0.05, 0.1) is 6.20 Å². The van der Waals surface area contributed by atoms with Crippen molar-refractivity contribution >= 4 is 11.6 Å². The number of hydrogen-bond donors (Lipinski definition) is 1. The normalized spacial score (nSPS) is 18.1. The minimum atomic E-state index is -0.0983. The zero-order chi connectivity index (χ0) is 17.8. The van der Waals surface area contributed by atoms with Crippen molar-refractivity contribution in [1.29, 1.82) is 0 Å². The van der Waals surface area contributed by atoms with Gasteiger partial charge in [-0.25, -0.2) is 9.50 Å². The largest absolute Gasteiger partial charge is 0.352 e. The third-order valence-electron chi connectivity index (χ3n) is 4.93. The molecule has 3 aromatic rings. The molecule has 0 saturated carbocycles. The number of benzene rings is 1. The van der Waals surface area contributed by atoms with Crippen LogP contribution in [0.1, 0.15) is 28.8 Å². The predicted octanol–water partition coefficient (Wildman–Crippen LogP) is 2.37. The van der Waals surface area contributed by atoms with Crippen LogP contribution in [0.3, 0.4) is 0 Å². The molecule has 26 heavy (non-hydrogen) atoms. The van der Waals surface area contributed by atoms with Gasteiger partial charge in [-0.15, -0.1) is 0 Å². The average molecular weight is 349 g/mol. The minimum Gasteiger partial charge on any atom is -0.352 e. The van der Waals surface area contributed by atoms with Crippen molar-refractivity contribution in [3.05, 3.63) is 66.1 Å². The lowest BCUT2D eigenvalue weighted by atomic mass is 9.97. The van der Waals surface area contributed by atoms with E-state index in [4.69, 9.17) is 0 Å². The van der Waals surface area contributed by atoms with Crippen LogP contribution in [0.4, 0.5) is 0 Å². The van der Waals surface area contributed by atoms with Gasteiger partial charge in [0.2, 0.25) is 0 Å². The molecule has 4 rings (SSSR count). The molecule has 3 heterocycles. The van der Waals surface area contributed by atoms with E-state index in [0.29, 0.717) is 23.7 Å². The van der Waals surface area contributed by atoms with E-state index in [0.717, 1.165) is 26.1 Å². The Morgan fingerprint density at radius 3 is 3.00 bits per heavy atom. The van der Waals surface area contributed by atoms with Crippen LogP contribution in [-0.2, 0) is 6.54 Å². The number of carbonyl (C=O) groups is 1. The summed E-state index contributed by atoms with van der Waals surface area (Å²) in [5, 5.41) is 7.25. The summed E-state index contributed by atoms with van der Waals surface area (Å²) in [7, 11) is 0. The number of aromatic nitrogens is 3. The van der Waals surface area contributed by atoms with E-state index in [9.17, 15) is 4.79 Å². The van der Waals surface area contributed by atoms with Crippen LogP contribution >= 0.6 is 0 Å². The number of nitrogens with zero attached hydrogens (tertiary/aromatic N) is 4. The fourth-order valence-electron chi connectivity index (χ4n) is 3.62. The fraction of sp³-hybridized carbons (Fsp3) is 0.350. The van der Waals surface area contributed by atoms with E-state index in [1.807, 2.05) is 6.07 Å². The Balaban J connectivity index is 1.33. The monoisotopic (exact) mass is 349 g/mol. The molecule has 1 N–H and O–H groups in total. The summed E-state index contributed by atoms with van der Waals surface area (Å²) < 4.78 is 1.62. The molecule has 1 atom stereocenters. The molecule has 0 radical (unpaired) electrons. The number of likely N-dealkylation sites (tertiary alicyclic amines) is 1. The number of amides is 1. The summed E-state index contributed by atoms with van der Waals surface area (Å²) in [5.74, 6) is 0.380. The maximum atomic E-state index is 12.5. The first-order valence-corrected chi connectivity index (χ1v) is 9.12. The van der Waals surface area contributed by atoms with Gasteiger partial charge in [-0.3, -0.25) is 9.69 Å². The molecular weight excluding hydrogens is 326 g/mol. The molecule has 0 bridgehead atoms. The zero-order valence-electron chi connectivity index (χ0n) is 14.7. The van der Waals surface area contributed by atoms with Gasteiger partial charge < -0.3 is 5.32 Å². The predicted molar refractivity (Wildman–Crippen MR) is 99.8 cm³/mol. The minimum absolute atomic E-state index is 0.0983. The molecule has 1 fully saturated rings. The molecule has 1 saturated heterocycles. The van der Waals surface area contributed by atoms with E-state index in [-0.39, 0.29) is 5.91 Å². The van der Waals surface area contributed by atoms with E-state index >= 15 is 0 Å². The summed E-state index contributed by atoms with van der Waals surface area (Å²) >= 11 is 0. The van der Waals surface area contributed by atoms with Crippen LogP contribution in [0.2, 0.25) is 0 Å². The van der Waals surface area contributed by atoms with E-state index in [2.05, 4.69) is 44.6 Å². The van der Waals surface area contributed by atoms with E-state index in [1.165, 1.54) is 12.0 Å². The molecule has 1 aromatic carbocycles. The van der Waals surface area contributed by atoms with Crippen LogP contribution in [0, 0.1) is 5.92 Å². The highest BCUT2D eigenvalue weighted by atomic mass is 16.1. The summed E-state index contributed by atoms with van der Waals surface area (Å²) in [6, 6.07) is 12.4. The van der Waals surface area contributed by atoms with E-state index in [1.54, 1.807) is 29.2 Å². The summed E-state index contributed by atoms with van der Waals surface area (Å²) in [6.07, 6.45) is 7.38. The lowest BCUT2D eigenvalue weighted by Gasteiger charge is -2.32. The first kappa shape index (κ1) is 16.7. The second kappa shape index (κ2) is 7.66. The van der Waals surface area contributed by atoms with Crippen LogP contribution in [-0.4, -0.2) is 45.0 Å². The highest BCUT2D eigenvalue weighted by Crippen LogP contribution is 2.18. The highest BCUT2D eigenvalue weighted by molar-refractivity contribution is 5.99. The molecule has 6 nitrogen and oxygen atoms in total. The molecule has 0 spiro atoms. The van der Waals surface area contributed by atoms with Gasteiger partial charge in [0.25, 0.3) is 5.91 Å². The Hall–Kier alpha value is -2.73. The third kappa shape index (κ3) is 3.75. The smallest absolute Gasteiger partial charge is 0.256 e. The molecule has 0 aliphatic carbocycles. The molecule has 1 unspecified atom stereocenters. The highest BCUT2D eigenvalue weighted by Gasteiger charge is 2.21. The van der Waals surface area contributed by atoms with Crippen molar-refractivity contribution in [1.82, 2.24) is 24.8 Å². The van der Waals surface area contributed by atoms with Crippen LogP contribution in [0.5, 0.6) is 0 Å². The van der Waals surface area contributed by atoms with Crippen molar-refractivity contribution in [2.24, 2.45) is 5.92 Å². The molecule has 1 amide bonds. The number of fused-ring (bicyclic) bond motifs is 1. The standard InChI is InChI=1S/C20H23N5O/c26-20(18-13-23-25-11-5-9-21-19(18)25)22-12-17-8-4-10-24(15-17)14-16-6-2-1-3-7-16/h1-3,5-7,9,11,13,17H,4,8,10,12,14-15H2,(H,22,26). The number of hydrogen-bond acceptors (Lipinski definition) is 4. The van der Waals surface area contributed by atoms with Gasteiger partial charge in [-0.05, 0) is 36.9 Å². The first-order chi connectivity index (χ1) is 12.8. The van der Waals surface area contributed by atoms with Crippen molar-refractivity contribution in [2.75, 3.05) is 19.6 Å².